The molecule has 1 rings (SSSR count). The summed E-state index contributed by atoms with van der Waals surface area (Å²) in [6.07, 6.45) is 0. The number of halogens is 1. The van der Waals surface area contributed by atoms with Crippen LogP contribution in [0.25, 0.3) is 0 Å². The molecule has 0 saturated carbocycles. The molecule has 88 valence electrons. The van der Waals surface area contributed by atoms with Gasteiger partial charge in [-0.15, -0.1) is 0 Å². The van der Waals surface area contributed by atoms with E-state index in [1.807, 2.05) is 0 Å². The van der Waals surface area contributed by atoms with E-state index < -0.39 is 17.2 Å². The Hall–Kier alpha value is -1.11. The second-order valence-electron chi connectivity index (χ2n) is 2.92. The van der Waals surface area contributed by atoms with E-state index in [1.54, 1.807) is 12.1 Å². The monoisotopic (exact) mass is 262 g/mol. The summed E-state index contributed by atoms with van der Waals surface area (Å²) in [5.74, 6) is -0.441. The Kier molecular flexibility index (Phi) is 4.72. The number of carbonyl (C=O) groups is 1. The van der Waals surface area contributed by atoms with E-state index >= 15 is 0 Å². The molecule has 5 nitrogen and oxygen atoms in total. The van der Waals surface area contributed by atoms with Crippen LogP contribution in [0.15, 0.2) is 18.2 Å². The van der Waals surface area contributed by atoms with Crippen LogP contribution in [0, 0.1) is 0 Å². The summed E-state index contributed by atoms with van der Waals surface area (Å²) < 4.78 is 28.0. The molecule has 1 aromatic rings. The van der Waals surface area contributed by atoms with Gasteiger partial charge in [-0.1, -0.05) is 17.7 Å². The molecule has 0 amide bonds. The van der Waals surface area contributed by atoms with Crippen molar-refractivity contribution in [1.82, 2.24) is 0 Å². The minimum atomic E-state index is -2.45. The molecule has 16 heavy (non-hydrogen) atoms. The van der Waals surface area contributed by atoms with Crippen LogP contribution in [-0.2, 0) is 27.4 Å². The van der Waals surface area contributed by atoms with Gasteiger partial charge in [0.1, 0.15) is 6.61 Å². The number of rotatable bonds is 4. The van der Waals surface area contributed by atoms with Crippen molar-refractivity contribution in [3.05, 3.63) is 28.8 Å². The molecule has 1 unspecified atom stereocenters. The molecule has 1 N–H and O–H groups in total. The van der Waals surface area contributed by atoms with Gasteiger partial charge in [0, 0.05) is 28.8 Å². The second-order valence-corrected chi connectivity index (χ2v) is 4.03. The summed E-state index contributed by atoms with van der Waals surface area (Å²) in [7, 11) is 0. The summed E-state index contributed by atoms with van der Waals surface area (Å²) >= 11 is 3.27. The molecule has 0 spiro atoms. The van der Waals surface area contributed by atoms with Crippen LogP contribution in [0.4, 0.5) is 5.69 Å². The predicted molar refractivity (Wildman–Crippen MR) is 59.5 cm³/mol. The largest absolute Gasteiger partial charge is 0.755 e. The van der Waals surface area contributed by atoms with Crippen molar-refractivity contribution in [2.45, 2.75) is 13.5 Å². The standard InChI is InChI=1S/C9H10ClNO4S/c1-6(12)15-5-7-2-3-8(10)4-9(7)11-16(13)14/h2-4,11H,5H2,1H3,(H,13,14)/p-1. The van der Waals surface area contributed by atoms with Crippen LogP contribution in [-0.4, -0.2) is 14.7 Å². The van der Waals surface area contributed by atoms with Crippen LogP contribution < -0.4 is 4.72 Å². The van der Waals surface area contributed by atoms with Gasteiger partial charge in [-0.05, 0) is 12.1 Å². The summed E-state index contributed by atoms with van der Waals surface area (Å²) in [6.45, 7) is 1.26. The molecule has 0 saturated heterocycles. The molecule has 0 radical (unpaired) electrons. The van der Waals surface area contributed by atoms with Gasteiger partial charge < -0.3 is 14.0 Å². The first-order chi connectivity index (χ1) is 7.49. The van der Waals surface area contributed by atoms with Crippen LogP contribution in [0.1, 0.15) is 12.5 Å². The van der Waals surface area contributed by atoms with Gasteiger partial charge in [0.15, 0.2) is 0 Å². The van der Waals surface area contributed by atoms with Gasteiger partial charge >= 0.3 is 5.97 Å². The molecule has 0 aliphatic rings. The third-order valence-electron chi connectivity index (χ3n) is 1.70. The van der Waals surface area contributed by atoms with Crippen LogP contribution in [0.3, 0.4) is 0 Å². The normalized spacial score (nSPS) is 11.9. The number of hydrogen-bond acceptors (Lipinski definition) is 4. The second kappa shape index (κ2) is 5.83. The average Bonchev–Trinajstić information content (AvgIpc) is 2.15. The smallest absolute Gasteiger partial charge is 0.302 e. The fourth-order valence-electron chi connectivity index (χ4n) is 1.04. The first kappa shape index (κ1) is 13.0. The highest BCUT2D eigenvalue weighted by atomic mass is 35.5. The molecule has 0 aliphatic heterocycles. The van der Waals surface area contributed by atoms with Crippen molar-refractivity contribution < 1.29 is 18.3 Å². The van der Waals surface area contributed by atoms with Gasteiger partial charge in [0.05, 0.1) is 5.69 Å². The Labute approximate surface area is 100 Å². The Balaban J connectivity index is 2.88. The van der Waals surface area contributed by atoms with Crippen molar-refractivity contribution in [2.24, 2.45) is 0 Å². The van der Waals surface area contributed by atoms with Crippen molar-refractivity contribution in [1.29, 1.82) is 0 Å². The van der Waals surface area contributed by atoms with E-state index in [9.17, 15) is 13.6 Å². The first-order valence-electron chi connectivity index (χ1n) is 4.26. The third kappa shape index (κ3) is 4.18. The maximum Gasteiger partial charge on any atom is 0.302 e. The summed E-state index contributed by atoms with van der Waals surface area (Å²) in [4.78, 5) is 10.6. The molecule has 7 heteroatoms. The minimum Gasteiger partial charge on any atom is -0.755 e. The van der Waals surface area contributed by atoms with Gasteiger partial charge in [-0.25, -0.2) is 0 Å². The lowest BCUT2D eigenvalue weighted by molar-refractivity contribution is -0.142. The number of esters is 1. The lowest BCUT2D eigenvalue weighted by Gasteiger charge is -2.13. The molecule has 0 fully saturated rings. The van der Waals surface area contributed by atoms with E-state index in [-0.39, 0.29) is 6.61 Å². The zero-order valence-corrected chi connectivity index (χ0v) is 9.93. The minimum absolute atomic E-state index is 0.00790. The Morgan fingerprint density at radius 3 is 2.88 bits per heavy atom. The maximum absolute atomic E-state index is 10.6. The van der Waals surface area contributed by atoms with Crippen LogP contribution in [0.5, 0.6) is 0 Å². The van der Waals surface area contributed by atoms with Crippen molar-refractivity contribution >= 4 is 34.5 Å². The topological polar surface area (TPSA) is 78.5 Å². The molecule has 1 aromatic carbocycles. The summed E-state index contributed by atoms with van der Waals surface area (Å²) in [5, 5.41) is 0.388. The van der Waals surface area contributed by atoms with Gasteiger partial charge in [-0.2, -0.15) is 0 Å². The van der Waals surface area contributed by atoms with Gasteiger partial charge in [0.2, 0.25) is 0 Å². The fourth-order valence-corrected chi connectivity index (χ4v) is 1.58. The highest BCUT2D eigenvalue weighted by molar-refractivity contribution is 7.80. The quantitative estimate of drug-likeness (QED) is 0.660. The van der Waals surface area contributed by atoms with Gasteiger partial charge in [0.25, 0.3) is 0 Å². The lowest BCUT2D eigenvalue weighted by atomic mass is 10.2. The predicted octanol–water partition coefficient (Wildman–Crippen LogP) is 1.61. The third-order valence-corrected chi connectivity index (χ3v) is 2.32. The SMILES string of the molecule is CC(=O)OCc1ccc(Cl)cc1NS(=O)[O-]. The Bertz CT molecular complexity index is 424. The zero-order valence-electron chi connectivity index (χ0n) is 8.36. The molecule has 1 atom stereocenters. The number of hydrogen-bond donors (Lipinski definition) is 1. The van der Waals surface area contributed by atoms with Crippen LogP contribution in [0.2, 0.25) is 5.02 Å². The van der Waals surface area contributed by atoms with Crippen molar-refractivity contribution in [3.63, 3.8) is 0 Å². The lowest BCUT2D eigenvalue weighted by Crippen LogP contribution is -2.07. The van der Waals surface area contributed by atoms with E-state index in [4.69, 9.17) is 16.3 Å². The number of benzene rings is 1. The number of nitrogens with one attached hydrogen (secondary N) is 1. The molecular formula is C9H9ClNO4S-. The first-order valence-corrected chi connectivity index (χ1v) is 5.72. The summed E-state index contributed by atoms with van der Waals surface area (Å²) in [5.41, 5.74) is 0.825. The average molecular weight is 263 g/mol. The highest BCUT2D eigenvalue weighted by Crippen LogP contribution is 2.22. The molecular weight excluding hydrogens is 254 g/mol. The molecule has 0 aliphatic carbocycles. The fraction of sp³-hybridized carbons (Fsp3) is 0.222. The Morgan fingerprint density at radius 1 is 1.62 bits per heavy atom. The van der Waals surface area contributed by atoms with Crippen molar-refractivity contribution in [2.75, 3.05) is 4.72 Å². The van der Waals surface area contributed by atoms with Crippen molar-refractivity contribution in [3.8, 4) is 0 Å². The number of carbonyl (C=O) groups excluding carboxylic acids is 1. The van der Waals surface area contributed by atoms with E-state index in [2.05, 4.69) is 4.72 Å². The van der Waals surface area contributed by atoms with E-state index in [0.717, 1.165) is 0 Å². The maximum atomic E-state index is 10.6. The van der Waals surface area contributed by atoms with Gasteiger partial charge in [-0.3, -0.25) is 9.00 Å². The van der Waals surface area contributed by atoms with E-state index in [0.29, 0.717) is 16.3 Å². The number of ether oxygens (including phenoxy) is 1. The molecule has 0 bridgehead atoms. The summed E-state index contributed by atoms with van der Waals surface area (Å²) in [6, 6.07) is 4.61. The number of anilines is 1. The molecule has 0 heterocycles. The van der Waals surface area contributed by atoms with E-state index in [1.165, 1.54) is 13.0 Å². The zero-order chi connectivity index (χ0) is 12.1. The van der Waals surface area contributed by atoms with Crippen LogP contribution >= 0.6 is 11.6 Å². The molecule has 0 aromatic heterocycles. The highest BCUT2D eigenvalue weighted by Gasteiger charge is 2.05. The Morgan fingerprint density at radius 2 is 2.31 bits per heavy atom.